The van der Waals surface area contributed by atoms with E-state index >= 15 is 0 Å². The Morgan fingerprint density at radius 2 is 2.00 bits per heavy atom. The van der Waals surface area contributed by atoms with Gasteiger partial charge in [-0.3, -0.25) is 4.79 Å². The Kier molecular flexibility index (Phi) is 5.06. The highest BCUT2D eigenvalue weighted by Crippen LogP contribution is 2.26. The number of nitrogens with one attached hydrogen (secondary N) is 1. The van der Waals surface area contributed by atoms with Crippen molar-refractivity contribution in [1.82, 2.24) is 19.8 Å². The first kappa shape index (κ1) is 17.5. The number of aromatic nitrogens is 2. The van der Waals surface area contributed by atoms with Crippen molar-refractivity contribution in [3.05, 3.63) is 66.2 Å². The molecule has 4 rings (SSSR count). The number of carbonyl (C=O) groups is 1. The van der Waals surface area contributed by atoms with Crippen molar-refractivity contribution in [1.29, 1.82) is 0 Å². The van der Waals surface area contributed by atoms with Gasteiger partial charge in [0, 0.05) is 44.6 Å². The summed E-state index contributed by atoms with van der Waals surface area (Å²) in [6.07, 6.45) is 3.70. The second kappa shape index (κ2) is 7.25. The zero-order chi connectivity index (χ0) is 16.5. The molecule has 0 spiro atoms. The van der Waals surface area contributed by atoms with Crippen LogP contribution in [0.25, 0.3) is 10.8 Å². The Hall–Kier alpha value is -2.37. The van der Waals surface area contributed by atoms with Crippen molar-refractivity contribution >= 4 is 29.1 Å². The van der Waals surface area contributed by atoms with Gasteiger partial charge in [-0.2, -0.15) is 0 Å². The summed E-state index contributed by atoms with van der Waals surface area (Å²) in [7, 11) is 1.97. The quantitative estimate of drug-likeness (QED) is 0.768. The second-order valence-corrected chi connectivity index (χ2v) is 6.14. The van der Waals surface area contributed by atoms with Gasteiger partial charge >= 0.3 is 0 Å². The third-order valence-electron chi connectivity index (χ3n) is 4.68. The summed E-state index contributed by atoms with van der Waals surface area (Å²) < 4.78 is 1.99. The van der Waals surface area contributed by atoms with Crippen LogP contribution in [0.2, 0.25) is 0 Å². The van der Waals surface area contributed by atoms with Crippen LogP contribution >= 0.6 is 12.4 Å². The maximum Gasteiger partial charge on any atom is 0.255 e. The molecule has 5 nitrogen and oxygen atoms in total. The SMILES string of the molecule is Cl.Cn1ccnc1C1CNCCN1C(=O)c1cccc2ccccc12. The van der Waals surface area contributed by atoms with Crippen LogP contribution < -0.4 is 5.32 Å². The number of benzene rings is 2. The largest absolute Gasteiger partial charge is 0.336 e. The fraction of sp³-hybridized carbons (Fsp3) is 0.263. The molecule has 1 saturated heterocycles. The van der Waals surface area contributed by atoms with Crippen LogP contribution in [-0.4, -0.2) is 40.0 Å². The number of aryl methyl sites for hydroxylation is 1. The maximum atomic E-state index is 13.3. The molecule has 1 aliphatic heterocycles. The minimum atomic E-state index is -0.0507. The molecule has 1 aliphatic rings. The standard InChI is InChI=1S/C19H20N4O.ClH/c1-22-11-10-21-18(22)17-13-20-9-12-23(17)19(24)16-8-4-6-14-5-2-3-7-15(14)16;/h2-8,10-11,17,20H,9,12-13H2,1H3;1H. The zero-order valence-corrected chi connectivity index (χ0v) is 14.9. The normalized spacial score (nSPS) is 17.3. The van der Waals surface area contributed by atoms with E-state index in [4.69, 9.17) is 0 Å². The smallest absolute Gasteiger partial charge is 0.255 e. The van der Waals surface area contributed by atoms with E-state index in [-0.39, 0.29) is 24.4 Å². The molecule has 2 heterocycles. The topological polar surface area (TPSA) is 50.2 Å². The van der Waals surface area contributed by atoms with Crippen LogP contribution in [0, 0.1) is 0 Å². The predicted molar refractivity (Wildman–Crippen MR) is 101 cm³/mol. The number of piperazine rings is 1. The fourth-order valence-corrected chi connectivity index (χ4v) is 3.44. The summed E-state index contributed by atoms with van der Waals surface area (Å²) in [5, 5.41) is 5.47. The number of hydrogen-bond donors (Lipinski definition) is 1. The van der Waals surface area contributed by atoms with E-state index in [0.717, 1.165) is 35.2 Å². The molecule has 1 aromatic heterocycles. The van der Waals surface area contributed by atoms with Gasteiger partial charge in [0.15, 0.2) is 0 Å². The van der Waals surface area contributed by atoms with E-state index in [2.05, 4.69) is 10.3 Å². The van der Waals surface area contributed by atoms with Crippen molar-refractivity contribution in [3.63, 3.8) is 0 Å². The first-order valence-corrected chi connectivity index (χ1v) is 8.22. The van der Waals surface area contributed by atoms with E-state index < -0.39 is 0 Å². The number of imidazole rings is 1. The van der Waals surface area contributed by atoms with E-state index in [1.165, 1.54) is 0 Å². The van der Waals surface area contributed by atoms with E-state index in [0.29, 0.717) is 6.54 Å². The highest BCUT2D eigenvalue weighted by molar-refractivity contribution is 6.07. The minimum absolute atomic E-state index is 0. The van der Waals surface area contributed by atoms with Gasteiger partial charge in [0.25, 0.3) is 5.91 Å². The lowest BCUT2D eigenvalue weighted by Gasteiger charge is -2.36. The van der Waals surface area contributed by atoms with Crippen molar-refractivity contribution in [2.45, 2.75) is 6.04 Å². The van der Waals surface area contributed by atoms with Gasteiger partial charge < -0.3 is 14.8 Å². The van der Waals surface area contributed by atoms with Crippen LogP contribution in [0.15, 0.2) is 54.9 Å². The Labute approximate surface area is 153 Å². The molecule has 1 fully saturated rings. The molecule has 1 unspecified atom stereocenters. The highest BCUT2D eigenvalue weighted by Gasteiger charge is 2.31. The lowest BCUT2D eigenvalue weighted by Crippen LogP contribution is -2.49. The molecule has 0 saturated carbocycles. The van der Waals surface area contributed by atoms with E-state index in [1.54, 1.807) is 6.20 Å². The summed E-state index contributed by atoms with van der Waals surface area (Å²) in [6, 6.07) is 13.9. The zero-order valence-electron chi connectivity index (χ0n) is 14.1. The molecule has 1 amide bonds. The molecule has 6 heteroatoms. The van der Waals surface area contributed by atoms with Gasteiger partial charge in [0.2, 0.25) is 0 Å². The molecule has 1 N–H and O–H groups in total. The van der Waals surface area contributed by atoms with Gasteiger partial charge in [-0.25, -0.2) is 4.98 Å². The average Bonchev–Trinajstić information content (AvgIpc) is 3.06. The molecule has 1 atom stereocenters. The third kappa shape index (κ3) is 3.13. The van der Waals surface area contributed by atoms with Gasteiger partial charge in [0.05, 0.1) is 0 Å². The highest BCUT2D eigenvalue weighted by atomic mass is 35.5. The Bertz CT molecular complexity index is 887. The molecule has 130 valence electrons. The van der Waals surface area contributed by atoms with E-state index in [1.807, 2.05) is 65.2 Å². The van der Waals surface area contributed by atoms with Crippen LogP contribution in [0.4, 0.5) is 0 Å². The maximum absolute atomic E-state index is 13.3. The Morgan fingerprint density at radius 3 is 2.80 bits per heavy atom. The summed E-state index contributed by atoms with van der Waals surface area (Å²) in [5.74, 6) is 0.983. The number of amides is 1. The molecule has 0 bridgehead atoms. The summed E-state index contributed by atoms with van der Waals surface area (Å²) in [6.45, 7) is 2.21. The first-order valence-electron chi connectivity index (χ1n) is 8.22. The Morgan fingerprint density at radius 1 is 1.20 bits per heavy atom. The fourth-order valence-electron chi connectivity index (χ4n) is 3.44. The van der Waals surface area contributed by atoms with Crippen molar-refractivity contribution in [2.24, 2.45) is 7.05 Å². The summed E-state index contributed by atoms with van der Waals surface area (Å²) >= 11 is 0. The molecule has 3 aromatic rings. The third-order valence-corrected chi connectivity index (χ3v) is 4.68. The van der Waals surface area contributed by atoms with Gasteiger partial charge in [-0.1, -0.05) is 36.4 Å². The number of carbonyl (C=O) groups excluding carboxylic acids is 1. The number of hydrogen-bond acceptors (Lipinski definition) is 3. The molecule has 0 radical (unpaired) electrons. The number of rotatable bonds is 2. The van der Waals surface area contributed by atoms with Gasteiger partial charge in [0.1, 0.15) is 11.9 Å². The van der Waals surface area contributed by atoms with Gasteiger partial charge in [-0.15, -0.1) is 12.4 Å². The van der Waals surface area contributed by atoms with Crippen molar-refractivity contribution in [3.8, 4) is 0 Å². The van der Waals surface area contributed by atoms with Gasteiger partial charge in [-0.05, 0) is 16.8 Å². The Balaban J connectivity index is 0.00000182. The molecular weight excluding hydrogens is 336 g/mol. The second-order valence-electron chi connectivity index (χ2n) is 6.14. The lowest BCUT2D eigenvalue weighted by atomic mass is 10.0. The predicted octanol–water partition coefficient (Wildman–Crippen LogP) is 2.78. The number of fused-ring (bicyclic) bond motifs is 1. The van der Waals surface area contributed by atoms with Crippen LogP contribution in [0.3, 0.4) is 0 Å². The first-order chi connectivity index (χ1) is 11.8. The summed E-state index contributed by atoms with van der Waals surface area (Å²) in [5.41, 5.74) is 0.759. The molecule has 25 heavy (non-hydrogen) atoms. The minimum Gasteiger partial charge on any atom is -0.336 e. The molecule has 2 aromatic carbocycles. The molecular formula is C19H21ClN4O. The van der Waals surface area contributed by atoms with Crippen molar-refractivity contribution < 1.29 is 4.79 Å². The van der Waals surface area contributed by atoms with Crippen LogP contribution in [-0.2, 0) is 7.05 Å². The van der Waals surface area contributed by atoms with Crippen LogP contribution in [0.5, 0.6) is 0 Å². The monoisotopic (exact) mass is 356 g/mol. The van der Waals surface area contributed by atoms with Crippen molar-refractivity contribution in [2.75, 3.05) is 19.6 Å². The molecule has 0 aliphatic carbocycles. The average molecular weight is 357 g/mol. The number of halogens is 1. The van der Waals surface area contributed by atoms with Crippen LogP contribution in [0.1, 0.15) is 22.2 Å². The number of nitrogens with zero attached hydrogens (tertiary/aromatic N) is 3. The summed E-state index contributed by atoms with van der Waals surface area (Å²) in [4.78, 5) is 19.7. The lowest BCUT2D eigenvalue weighted by molar-refractivity contribution is 0.0623. The van der Waals surface area contributed by atoms with E-state index in [9.17, 15) is 4.79 Å².